The van der Waals surface area contributed by atoms with Gasteiger partial charge in [-0.3, -0.25) is 10.1 Å². The van der Waals surface area contributed by atoms with Crippen molar-refractivity contribution in [2.75, 3.05) is 5.32 Å². The van der Waals surface area contributed by atoms with Crippen LogP contribution in [0.4, 0.5) is 6.01 Å². The zero-order chi connectivity index (χ0) is 11.0. The fourth-order valence-electron chi connectivity index (χ4n) is 1.25. The molecule has 3 rings (SSSR count). The maximum atomic E-state index is 11.5. The number of nitrogens with zero attached hydrogens (tertiary/aromatic N) is 4. The summed E-state index contributed by atoms with van der Waals surface area (Å²) in [5.74, 6) is 0.514. The minimum atomic E-state index is -0.431. The monoisotopic (exact) mass is 220 g/mol. The molecule has 1 aliphatic rings. The molecule has 0 aromatic carbocycles. The number of amides is 1. The highest BCUT2D eigenvalue weighted by atomic mass is 16.4. The van der Waals surface area contributed by atoms with Crippen LogP contribution in [0.2, 0.25) is 0 Å². The first-order chi connectivity index (χ1) is 7.83. The predicted molar refractivity (Wildman–Crippen MR) is 50.6 cm³/mol. The molecule has 0 aliphatic heterocycles. The van der Waals surface area contributed by atoms with Gasteiger partial charge < -0.3 is 4.42 Å². The van der Waals surface area contributed by atoms with Crippen LogP contribution in [0.15, 0.2) is 10.6 Å². The smallest absolute Gasteiger partial charge is 0.322 e. The lowest BCUT2D eigenvalue weighted by molar-refractivity contribution is 0.101. The van der Waals surface area contributed by atoms with E-state index in [4.69, 9.17) is 4.42 Å². The van der Waals surface area contributed by atoms with Gasteiger partial charge in [0.25, 0.3) is 5.91 Å². The number of rotatable bonds is 3. The lowest BCUT2D eigenvalue weighted by Crippen LogP contribution is -2.12. The SMILES string of the molecule is O=C(Nc1nnc(C2CC2)o1)c1cn[nH]n1. The Bertz CT molecular complexity index is 500. The van der Waals surface area contributed by atoms with Crippen molar-refractivity contribution in [2.24, 2.45) is 0 Å². The van der Waals surface area contributed by atoms with Crippen molar-refractivity contribution < 1.29 is 9.21 Å². The second kappa shape index (κ2) is 3.40. The minimum Gasteiger partial charge on any atom is -0.408 e. The van der Waals surface area contributed by atoms with Crippen molar-refractivity contribution in [1.82, 2.24) is 25.6 Å². The summed E-state index contributed by atoms with van der Waals surface area (Å²) in [6.07, 6.45) is 3.45. The van der Waals surface area contributed by atoms with Gasteiger partial charge in [0.1, 0.15) is 0 Å². The van der Waals surface area contributed by atoms with Crippen LogP contribution in [0.1, 0.15) is 35.1 Å². The van der Waals surface area contributed by atoms with Gasteiger partial charge in [-0.1, -0.05) is 5.10 Å². The van der Waals surface area contributed by atoms with Crippen LogP contribution in [0, 0.1) is 0 Å². The molecular formula is C8H8N6O2. The summed E-state index contributed by atoms with van der Waals surface area (Å²) in [5, 5.41) is 19.5. The lowest BCUT2D eigenvalue weighted by atomic mass is 10.4. The summed E-state index contributed by atoms with van der Waals surface area (Å²) in [6, 6.07) is 0.0925. The summed E-state index contributed by atoms with van der Waals surface area (Å²) in [5.41, 5.74) is 0.172. The first kappa shape index (κ1) is 9.01. The van der Waals surface area contributed by atoms with Gasteiger partial charge in [0.05, 0.1) is 6.20 Å². The molecule has 2 aromatic heterocycles. The second-order valence-corrected chi connectivity index (χ2v) is 3.53. The van der Waals surface area contributed by atoms with Gasteiger partial charge in [-0.2, -0.15) is 15.4 Å². The molecule has 2 aromatic rings. The predicted octanol–water partition coefficient (Wildman–Crippen LogP) is 0.317. The van der Waals surface area contributed by atoms with Crippen molar-refractivity contribution in [3.8, 4) is 0 Å². The Morgan fingerprint density at radius 2 is 2.38 bits per heavy atom. The number of carbonyl (C=O) groups is 1. The fraction of sp³-hybridized carbons (Fsp3) is 0.375. The van der Waals surface area contributed by atoms with Gasteiger partial charge in [0.15, 0.2) is 5.69 Å². The second-order valence-electron chi connectivity index (χ2n) is 3.53. The molecule has 0 atom stereocenters. The Hall–Kier alpha value is -2.25. The van der Waals surface area contributed by atoms with E-state index in [1.807, 2.05) is 0 Å². The summed E-state index contributed by atoms with van der Waals surface area (Å²) >= 11 is 0. The number of anilines is 1. The number of nitrogens with one attached hydrogen (secondary N) is 2. The van der Waals surface area contributed by atoms with E-state index in [9.17, 15) is 4.79 Å². The Labute approximate surface area is 89.4 Å². The first-order valence-corrected chi connectivity index (χ1v) is 4.83. The van der Waals surface area contributed by atoms with Gasteiger partial charge in [0.2, 0.25) is 5.89 Å². The van der Waals surface area contributed by atoms with Crippen LogP contribution in [-0.4, -0.2) is 31.5 Å². The lowest BCUT2D eigenvalue weighted by Gasteiger charge is -1.94. The molecule has 0 bridgehead atoms. The maximum absolute atomic E-state index is 11.5. The third-order valence-corrected chi connectivity index (χ3v) is 2.24. The Balaban J connectivity index is 1.71. The fourth-order valence-corrected chi connectivity index (χ4v) is 1.25. The van der Waals surface area contributed by atoms with E-state index in [0.717, 1.165) is 12.8 Å². The number of hydrogen-bond donors (Lipinski definition) is 2. The Morgan fingerprint density at radius 1 is 1.50 bits per heavy atom. The Morgan fingerprint density at radius 3 is 3.06 bits per heavy atom. The normalized spacial score (nSPS) is 15.0. The average molecular weight is 220 g/mol. The van der Waals surface area contributed by atoms with E-state index in [-0.39, 0.29) is 11.7 Å². The largest absolute Gasteiger partial charge is 0.408 e. The molecule has 1 amide bonds. The number of hydrogen-bond acceptors (Lipinski definition) is 6. The van der Waals surface area contributed by atoms with Crippen LogP contribution >= 0.6 is 0 Å². The van der Waals surface area contributed by atoms with E-state index in [0.29, 0.717) is 11.8 Å². The first-order valence-electron chi connectivity index (χ1n) is 4.83. The van der Waals surface area contributed by atoms with Crippen molar-refractivity contribution in [1.29, 1.82) is 0 Å². The maximum Gasteiger partial charge on any atom is 0.322 e. The number of carbonyl (C=O) groups excluding carboxylic acids is 1. The highest BCUT2D eigenvalue weighted by Gasteiger charge is 2.29. The molecule has 0 saturated heterocycles. The molecule has 1 fully saturated rings. The molecule has 1 saturated carbocycles. The molecule has 0 unspecified atom stereocenters. The quantitative estimate of drug-likeness (QED) is 0.770. The van der Waals surface area contributed by atoms with Crippen molar-refractivity contribution in [2.45, 2.75) is 18.8 Å². The molecule has 2 heterocycles. The van der Waals surface area contributed by atoms with Crippen LogP contribution < -0.4 is 5.32 Å². The van der Waals surface area contributed by atoms with Gasteiger partial charge in [-0.25, -0.2) is 0 Å². The van der Waals surface area contributed by atoms with Crippen molar-refractivity contribution in [3.63, 3.8) is 0 Å². The molecule has 16 heavy (non-hydrogen) atoms. The summed E-state index contributed by atoms with van der Waals surface area (Å²) in [6.45, 7) is 0. The molecule has 0 radical (unpaired) electrons. The van der Waals surface area contributed by atoms with Crippen LogP contribution in [0.5, 0.6) is 0 Å². The van der Waals surface area contributed by atoms with E-state index >= 15 is 0 Å². The molecule has 8 nitrogen and oxygen atoms in total. The van der Waals surface area contributed by atoms with Gasteiger partial charge in [0, 0.05) is 5.92 Å². The molecule has 8 heteroatoms. The van der Waals surface area contributed by atoms with E-state index in [2.05, 4.69) is 30.9 Å². The number of H-pyrrole nitrogens is 1. The number of aromatic amines is 1. The van der Waals surface area contributed by atoms with E-state index in [1.54, 1.807) is 0 Å². The summed E-state index contributed by atoms with van der Waals surface area (Å²) in [7, 11) is 0. The van der Waals surface area contributed by atoms with Crippen LogP contribution in [-0.2, 0) is 0 Å². The molecule has 0 spiro atoms. The van der Waals surface area contributed by atoms with E-state index < -0.39 is 5.91 Å². The average Bonchev–Trinajstić information content (AvgIpc) is 2.82. The van der Waals surface area contributed by atoms with Gasteiger partial charge >= 0.3 is 6.01 Å². The topological polar surface area (TPSA) is 110 Å². The van der Waals surface area contributed by atoms with Crippen molar-refractivity contribution >= 4 is 11.9 Å². The van der Waals surface area contributed by atoms with E-state index in [1.165, 1.54) is 6.20 Å². The van der Waals surface area contributed by atoms with Crippen molar-refractivity contribution in [3.05, 3.63) is 17.8 Å². The Kier molecular flexibility index (Phi) is 1.92. The third-order valence-electron chi connectivity index (χ3n) is 2.24. The van der Waals surface area contributed by atoms with Crippen LogP contribution in [0.25, 0.3) is 0 Å². The summed E-state index contributed by atoms with van der Waals surface area (Å²) in [4.78, 5) is 11.5. The molecule has 2 N–H and O–H groups in total. The summed E-state index contributed by atoms with van der Waals surface area (Å²) < 4.78 is 5.26. The number of aromatic nitrogens is 5. The molecule has 82 valence electrons. The van der Waals surface area contributed by atoms with Gasteiger partial charge in [-0.15, -0.1) is 5.10 Å². The third kappa shape index (κ3) is 1.64. The standard InChI is InChI=1S/C8H8N6O2/c15-6(5-3-9-14-11-5)10-8-13-12-7(16-8)4-1-2-4/h3-4H,1-2H2,(H,9,11,14)(H,10,13,15). The highest BCUT2D eigenvalue weighted by Crippen LogP contribution is 2.39. The zero-order valence-electron chi connectivity index (χ0n) is 8.17. The minimum absolute atomic E-state index is 0.0925. The van der Waals surface area contributed by atoms with Crippen LogP contribution in [0.3, 0.4) is 0 Å². The van der Waals surface area contributed by atoms with Gasteiger partial charge in [-0.05, 0) is 12.8 Å². The highest BCUT2D eigenvalue weighted by molar-refractivity contribution is 6.01. The zero-order valence-corrected chi connectivity index (χ0v) is 8.17. The molecule has 1 aliphatic carbocycles. The molecular weight excluding hydrogens is 212 g/mol.